The molecule has 0 amide bonds. The Labute approximate surface area is 105 Å². The summed E-state index contributed by atoms with van der Waals surface area (Å²) in [6, 6.07) is 0.560. The third-order valence-electron chi connectivity index (χ3n) is 3.02. The lowest BCUT2D eigenvalue weighted by atomic mass is 10.0. The first kappa shape index (κ1) is 11.6. The Bertz CT molecular complexity index is 369. The van der Waals surface area contributed by atoms with Gasteiger partial charge in [-0.05, 0) is 42.1 Å². The van der Waals surface area contributed by atoms with E-state index in [1.165, 1.54) is 19.3 Å². The molecule has 4 nitrogen and oxygen atoms in total. The van der Waals surface area contributed by atoms with E-state index in [0.717, 1.165) is 16.8 Å². The number of nitrogens with one attached hydrogen (secondary N) is 1. The normalized spacial score (nSPS) is 20.9. The summed E-state index contributed by atoms with van der Waals surface area (Å²) >= 11 is 3.53. The van der Waals surface area contributed by atoms with Crippen LogP contribution in [-0.4, -0.2) is 29.6 Å². The van der Waals surface area contributed by atoms with E-state index in [1.807, 2.05) is 13.2 Å². The molecule has 0 spiro atoms. The van der Waals surface area contributed by atoms with E-state index in [2.05, 4.69) is 43.0 Å². The van der Waals surface area contributed by atoms with E-state index < -0.39 is 0 Å². The second kappa shape index (κ2) is 4.99. The Morgan fingerprint density at radius 3 is 3.00 bits per heavy atom. The summed E-state index contributed by atoms with van der Waals surface area (Å²) < 4.78 is 0.972. The van der Waals surface area contributed by atoms with Crippen molar-refractivity contribution in [3.05, 3.63) is 10.7 Å². The average molecular weight is 285 g/mol. The number of aromatic nitrogens is 2. The number of hydrogen-bond donors (Lipinski definition) is 1. The van der Waals surface area contributed by atoms with Crippen molar-refractivity contribution in [1.82, 2.24) is 9.97 Å². The smallest absolute Gasteiger partial charge is 0.224 e. The maximum Gasteiger partial charge on any atom is 0.224 e. The highest BCUT2D eigenvalue weighted by atomic mass is 79.9. The van der Waals surface area contributed by atoms with Gasteiger partial charge in [-0.1, -0.05) is 0 Å². The summed E-state index contributed by atoms with van der Waals surface area (Å²) in [7, 11) is 1.84. The Kier molecular flexibility index (Phi) is 3.63. The molecule has 0 radical (unpaired) electrons. The van der Waals surface area contributed by atoms with Gasteiger partial charge in [0, 0.05) is 25.8 Å². The number of rotatable bonds is 2. The quantitative estimate of drug-likeness (QED) is 0.907. The summed E-state index contributed by atoms with van der Waals surface area (Å²) in [5, 5.41) is 2.98. The minimum absolute atomic E-state index is 0.560. The standard InChI is InChI=1S/C11H17BrN4/c1-8-5-3-4-6-16(8)10-9(12)7-14-11(13-2)15-10/h7-8H,3-6H2,1-2H3,(H,13,14,15). The van der Waals surface area contributed by atoms with Crippen LogP contribution in [-0.2, 0) is 0 Å². The van der Waals surface area contributed by atoms with Gasteiger partial charge >= 0.3 is 0 Å². The van der Waals surface area contributed by atoms with E-state index in [9.17, 15) is 0 Å². The summed E-state index contributed by atoms with van der Waals surface area (Å²) in [5.41, 5.74) is 0. The first-order valence-electron chi connectivity index (χ1n) is 5.69. The molecule has 1 aliphatic rings. The molecule has 1 N–H and O–H groups in total. The molecule has 2 heterocycles. The maximum atomic E-state index is 4.52. The van der Waals surface area contributed by atoms with Crippen molar-refractivity contribution in [1.29, 1.82) is 0 Å². The van der Waals surface area contributed by atoms with Crippen molar-refractivity contribution in [2.75, 3.05) is 23.8 Å². The molecule has 1 atom stereocenters. The van der Waals surface area contributed by atoms with Gasteiger partial charge in [-0.15, -0.1) is 0 Å². The maximum absolute atomic E-state index is 4.52. The van der Waals surface area contributed by atoms with Crippen LogP contribution < -0.4 is 10.2 Å². The van der Waals surface area contributed by atoms with E-state index in [4.69, 9.17) is 0 Å². The van der Waals surface area contributed by atoms with Crippen molar-refractivity contribution >= 4 is 27.7 Å². The molecule has 0 aromatic carbocycles. The third-order valence-corrected chi connectivity index (χ3v) is 3.58. The minimum Gasteiger partial charge on any atom is -0.357 e. The van der Waals surface area contributed by atoms with Gasteiger partial charge in [-0.3, -0.25) is 0 Å². The van der Waals surface area contributed by atoms with Crippen LogP contribution in [0.5, 0.6) is 0 Å². The Morgan fingerprint density at radius 2 is 2.31 bits per heavy atom. The molecule has 5 heteroatoms. The second-order valence-corrected chi connectivity index (χ2v) is 5.01. The van der Waals surface area contributed by atoms with Crippen LogP contribution in [0.2, 0.25) is 0 Å². The fourth-order valence-corrected chi connectivity index (χ4v) is 2.51. The molecule has 1 fully saturated rings. The van der Waals surface area contributed by atoms with Crippen LogP contribution >= 0.6 is 15.9 Å². The molecule has 16 heavy (non-hydrogen) atoms. The molecule has 1 saturated heterocycles. The highest BCUT2D eigenvalue weighted by Crippen LogP contribution is 2.29. The Balaban J connectivity index is 2.30. The first-order chi connectivity index (χ1) is 7.72. The van der Waals surface area contributed by atoms with Gasteiger partial charge in [0.2, 0.25) is 5.95 Å². The molecule has 0 aliphatic carbocycles. The zero-order valence-electron chi connectivity index (χ0n) is 9.70. The number of halogens is 1. The fourth-order valence-electron chi connectivity index (χ4n) is 2.09. The van der Waals surface area contributed by atoms with Gasteiger partial charge < -0.3 is 10.2 Å². The Hall–Kier alpha value is -0.840. The highest BCUT2D eigenvalue weighted by molar-refractivity contribution is 9.10. The molecule has 1 unspecified atom stereocenters. The number of anilines is 2. The fraction of sp³-hybridized carbons (Fsp3) is 0.636. The molecule has 0 bridgehead atoms. The van der Waals surface area contributed by atoms with Crippen molar-refractivity contribution in [2.24, 2.45) is 0 Å². The van der Waals surface area contributed by atoms with Gasteiger partial charge in [0.15, 0.2) is 0 Å². The molecule has 1 aromatic rings. The largest absolute Gasteiger partial charge is 0.357 e. The summed E-state index contributed by atoms with van der Waals surface area (Å²) in [5.74, 6) is 1.68. The van der Waals surface area contributed by atoms with Crippen LogP contribution in [0.15, 0.2) is 10.7 Å². The zero-order valence-corrected chi connectivity index (χ0v) is 11.3. The minimum atomic E-state index is 0.560. The molecular weight excluding hydrogens is 268 g/mol. The molecule has 88 valence electrons. The van der Waals surface area contributed by atoms with Crippen LogP contribution in [0.25, 0.3) is 0 Å². The first-order valence-corrected chi connectivity index (χ1v) is 6.48. The van der Waals surface area contributed by atoms with E-state index >= 15 is 0 Å². The average Bonchev–Trinajstić information content (AvgIpc) is 2.31. The van der Waals surface area contributed by atoms with Crippen molar-refractivity contribution in [3.63, 3.8) is 0 Å². The van der Waals surface area contributed by atoms with Gasteiger partial charge in [0.1, 0.15) is 5.82 Å². The van der Waals surface area contributed by atoms with E-state index in [-0.39, 0.29) is 0 Å². The molecule has 1 aromatic heterocycles. The molecule has 2 rings (SSSR count). The summed E-state index contributed by atoms with van der Waals surface area (Å²) in [6.45, 7) is 3.34. The molecule has 0 saturated carbocycles. The SMILES string of the molecule is CNc1ncc(Br)c(N2CCCCC2C)n1. The highest BCUT2D eigenvalue weighted by Gasteiger charge is 2.22. The van der Waals surface area contributed by atoms with E-state index in [1.54, 1.807) is 0 Å². The number of nitrogens with zero attached hydrogens (tertiary/aromatic N) is 3. The predicted octanol–water partition coefficient (Wildman–Crippen LogP) is 2.66. The lowest BCUT2D eigenvalue weighted by molar-refractivity contribution is 0.480. The summed E-state index contributed by atoms with van der Waals surface area (Å²) in [6.07, 6.45) is 5.62. The topological polar surface area (TPSA) is 41.1 Å². The van der Waals surface area contributed by atoms with Crippen molar-refractivity contribution in [3.8, 4) is 0 Å². The number of piperidine rings is 1. The second-order valence-electron chi connectivity index (χ2n) is 4.15. The van der Waals surface area contributed by atoms with Gasteiger partial charge in [0.05, 0.1) is 4.47 Å². The van der Waals surface area contributed by atoms with Gasteiger partial charge in [-0.2, -0.15) is 4.98 Å². The monoisotopic (exact) mass is 284 g/mol. The summed E-state index contributed by atoms with van der Waals surface area (Å²) in [4.78, 5) is 11.1. The van der Waals surface area contributed by atoms with Crippen LogP contribution in [0, 0.1) is 0 Å². The lowest BCUT2D eigenvalue weighted by Gasteiger charge is -2.34. The van der Waals surface area contributed by atoms with Crippen LogP contribution in [0.4, 0.5) is 11.8 Å². The van der Waals surface area contributed by atoms with Gasteiger partial charge in [-0.25, -0.2) is 4.98 Å². The van der Waals surface area contributed by atoms with Crippen LogP contribution in [0.1, 0.15) is 26.2 Å². The van der Waals surface area contributed by atoms with Crippen molar-refractivity contribution in [2.45, 2.75) is 32.2 Å². The Morgan fingerprint density at radius 1 is 1.50 bits per heavy atom. The predicted molar refractivity (Wildman–Crippen MR) is 69.9 cm³/mol. The lowest BCUT2D eigenvalue weighted by Crippen LogP contribution is -2.38. The van der Waals surface area contributed by atoms with Crippen molar-refractivity contribution < 1.29 is 0 Å². The molecule has 1 aliphatic heterocycles. The number of hydrogen-bond acceptors (Lipinski definition) is 4. The zero-order chi connectivity index (χ0) is 11.5. The van der Waals surface area contributed by atoms with Crippen LogP contribution in [0.3, 0.4) is 0 Å². The molecular formula is C11H17BrN4. The third kappa shape index (κ3) is 2.29. The van der Waals surface area contributed by atoms with E-state index in [0.29, 0.717) is 12.0 Å². The van der Waals surface area contributed by atoms with Gasteiger partial charge in [0.25, 0.3) is 0 Å².